The van der Waals surface area contributed by atoms with Gasteiger partial charge in [-0.1, -0.05) is 29.4 Å². The van der Waals surface area contributed by atoms with Crippen molar-refractivity contribution in [3.63, 3.8) is 0 Å². The molecule has 1 aromatic carbocycles. The molecule has 1 atom stereocenters. The van der Waals surface area contributed by atoms with Crippen LogP contribution in [0.15, 0.2) is 28.7 Å². The van der Waals surface area contributed by atoms with Crippen LogP contribution in [0.25, 0.3) is 0 Å². The number of rotatable bonds is 5. The summed E-state index contributed by atoms with van der Waals surface area (Å²) >= 11 is 0. The van der Waals surface area contributed by atoms with Crippen molar-refractivity contribution in [1.29, 1.82) is 0 Å². The number of hydrogen-bond donors (Lipinski definition) is 2. The normalized spacial score (nSPS) is 12.4. The minimum atomic E-state index is 0.123. The average Bonchev–Trinajstić information content (AvgIpc) is 2.77. The van der Waals surface area contributed by atoms with Crippen molar-refractivity contribution >= 4 is 6.01 Å². The second-order valence-electron chi connectivity index (χ2n) is 4.26. The Hall–Kier alpha value is -1.88. The van der Waals surface area contributed by atoms with Crippen LogP contribution in [0.3, 0.4) is 0 Å². The molecule has 1 aromatic heterocycles. The number of aryl methyl sites for hydroxylation is 1. The summed E-state index contributed by atoms with van der Waals surface area (Å²) in [5.74, 6) is 0.567. The van der Waals surface area contributed by atoms with Gasteiger partial charge < -0.3 is 15.5 Å². The predicted octanol–water partition coefficient (Wildman–Crippen LogP) is 2.05. The summed E-state index contributed by atoms with van der Waals surface area (Å²) < 4.78 is 5.44. The number of anilines is 1. The molecule has 0 aliphatic carbocycles. The molecule has 1 unspecified atom stereocenters. The maximum absolute atomic E-state index is 5.44. The van der Waals surface area contributed by atoms with Crippen LogP contribution in [0.2, 0.25) is 0 Å². The zero-order valence-corrected chi connectivity index (χ0v) is 10.7. The van der Waals surface area contributed by atoms with E-state index < -0.39 is 0 Å². The average molecular weight is 246 g/mol. The summed E-state index contributed by atoms with van der Waals surface area (Å²) in [6.07, 6.45) is 0.605. The first kappa shape index (κ1) is 12.6. The summed E-state index contributed by atoms with van der Waals surface area (Å²) in [5, 5.41) is 11.1. The summed E-state index contributed by atoms with van der Waals surface area (Å²) in [5.41, 5.74) is 7.89. The van der Waals surface area contributed by atoms with E-state index in [1.807, 2.05) is 12.1 Å². The Labute approximate surface area is 106 Å². The summed E-state index contributed by atoms with van der Waals surface area (Å²) in [7, 11) is 0. The summed E-state index contributed by atoms with van der Waals surface area (Å²) in [4.78, 5) is 0. The van der Waals surface area contributed by atoms with Crippen LogP contribution in [0.5, 0.6) is 0 Å². The van der Waals surface area contributed by atoms with Gasteiger partial charge in [0.2, 0.25) is 5.89 Å². The number of nitrogens with zero attached hydrogens (tertiary/aromatic N) is 2. The van der Waals surface area contributed by atoms with E-state index >= 15 is 0 Å². The maximum Gasteiger partial charge on any atom is 0.315 e. The zero-order valence-electron chi connectivity index (χ0n) is 10.7. The van der Waals surface area contributed by atoms with Crippen LogP contribution in [0.1, 0.15) is 30.0 Å². The van der Waals surface area contributed by atoms with Crippen LogP contribution >= 0.6 is 0 Å². The lowest BCUT2D eigenvalue weighted by molar-refractivity contribution is 0.501. The van der Waals surface area contributed by atoms with Crippen molar-refractivity contribution in [3.05, 3.63) is 41.3 Å². The van der Waals surface area contributed by atoms with E-state index in [1.54, 1.807) is 0 Å². The molecule has 2 rings (SSSR count). The molecule has 2 aromatic rings. The van der Waals surface area contributed by atoms with Gasteiger partial charge in [-0.15, -0.1) is 5.10 Å². The molecule has 0 aliphatic heterocycles. The highest BCUT2D eigenvalue weighted by Gasteiger charge is 2.11. The molecule has 0 bridgehead atoms. The Morgan fingerprint density at radius 3 is 2.83 bits per heavy atom. The fraction of sp³-hybridized carbons (Fsp3) is 0.385. The Morgan fingerprint density at radius 2 is 2.11 bits per heavy atom. The van der Waals surface area contributed by atoms with Crippen LogP contribution in [0.4, 0.5) is 6.01 Å². The Bertz CT molecular complexity index is 509. The molecule has 0 spiro atoms. The highest BCUT2D eigenvalue weighted by Crippen LogP contribution is 2.21. The summed E-state index contributed by atoms with van der Waals surface area (Å²) in [6, 6.07) is 8.78. The van der Waals surface area contributed by atoms with Gasteiger partial charge in [-0.2, -0.15) is 0 Å². The topological polar surface area (TPSA) is 77.0 Å². The van der Waals surface area contributed by atoms with Gasteiger partial charge in [0.15, 0.2) is 0 Å². The maximum atomic E-state index is 5.44. The number of aromatic nitrogens is 2. The SMILES string of the molecule is Cc1ccccc1C(C)Nc1nnc(CCN)o1. The molecular weight excluding hydrogens is 228 g/mol. The quantitative estimate of drug-likeness (QED) is 0.844. The van der Waals surface area contributed by atoms with Crippen molar-refractivity contribution < 1.29 is 4.42 Å². The van der Waals surface area contributed by atoms with Crippen molar-refractivity contribution in [2.75, 3.05) is 11.9 Å². The van der Waals surface area contributed by atoms with Gasteiger partial charge in [0.25, 0.3) is 0 Å². The highest BCUT2D eigenvalue weighted by atomic mass is 16.4. The lowest BCUT2D eigenvalue weighted by Crippen LogP contribution is -2.08. The number of benzene rings is 1. The largest absolute Gasteiger partial charge is 0.408 e. The molecule has 5 heteroatoms. The van der Waals surface area contributed by atoms with E-state index in [2.05, 4.69) is 41.5 Å². The molecule has 0 amide bonds. The molecule has 0 saturated heterocycles. The van der Waals surface area contributed by atoms with Crippen molar-refractivity contribution in [2.45, 2.75) is 26.3 Å². The lowest BCUT2D eigenvalue weighted by Gasteiger charge is -2.14. The van der Waals surface area contributed by atoms with E-state index in [-0.39, 0.29) is 6.04 Å². The Morgan fingerprint density at radius 1 is 1.33 bits per heavy atom. The number of nitrogens with one attached hydrogen (secondary N) is 1. The van der Waals surface area contributed by atoms with Crippen molar-refractivity contribution in [3.8, 4) is 0 Å². The van der Waals surface area contributed by atoms with E-state index in [0.717, 1.165) is 0 Å². The standard InChI is InChI=1S/C13H18N4O/c1-9-5-3-4-6-11(9)10(2)15-13-17-16-12(18-13)7-8-14/h3-6,10H,7-8,14H2,1-2H3,(H,15,17). The lowest BCUT2D eigenvalue weighted by atomic mass is 10.0. The molecule has 0 radical (unpaired) electrons. The van der Waals surface area contributed by atoms with Gasteiger partial charge in [0, 0.05) is 13.0 Å². The Kier molecular flexibility index (Phi) is 3.94. The molecule has 1 heterocycles. The third-order valence-corrected chi connectivity index (χ3v) is 2.82. The minimum Gasteiger partial charge on any atom is -0.408 e. The van der Waals surface area contributed by atoms with Gasteiger partial charge in [-0.3, -0.25) is 0 Å². The van der Waals surface area contributed by atoms with Gasteiger partial charge in [0.05, 0.1) is 6.04 Å². The first-order valence-electron chi connectivity index (χ1n) is 6.05. The fourth-order valence-electron chi connectivity index (χ4n) is 1.87. The molecule has 3 N–H and O–H groups in total. The Balaban J connectivity index is 2.06. The van der Waals surface area contributed by atoms with Crippen molar-refractivity contribution in [2.24, 2.45) is 5.73 Å². The molecule has 0 fully saturated rings. The van der Waals surface area contributed by atoms with E-state index in [0.29, 0.717) is 24.9 Å². The first-order chi connectivity index (χ1) is 8.70. The van der Waals surface area contributed by atoms with Crippen LogP contribution in [-0.4, -0.2) is 16.7 Å². The second-order valence-corrected chi connectivity index (χ2v) is 4.26. The van der Waals surface area contributed by atoms with Crippen LogP contribution in [0, 0.1) is 6.92 Å². The summed E-state index contributed by atoms with van der Waals surface area (Å²) in [6.45, 7) is 4.66. The molecule has 18 heavy (non-hydrogen) atoms. The molecule has 0 aliphatic rings. The van der Waals surface area contributed by atoms with Crippen LogP contribution in [-0.2, 0) is 6.42 Å². The van der Waals surface area contributed by atoms with E-state index in [4.69, 9.17) is 10.2 Å². The van der Waals surface area contributed by atoms with Gasteiger partial charge in [0.1, 0.15) is 0 Å². The van der Waals surface area contributed by atoms with Crippen molar-refractivity contribution in [1.82, 2.24) is 10.2 Å². The first-order valence-corrected chi connectivity index (χ1v) is 6.05. The highest BCUT2D eigenvalue weighted by molar-refractivity contribution is 5.33. The van der Waals surface area contributed by atoms with Gasteiger partial charge in [-0.25, -0.2) is 0 Å². The second kappa shape index (κ2) is 5.64. The van der Waals surface area contributed by atoms with Gasteiger partial charge >= 0.3 is 6.01 Å². The monoisotopic (exact) mass is 246 g/mol. The minimum absolute atomic E-state index is 0.123. The zero-order chi connectivity index (χ0) is 13.0. The fourth-order valence-corrected chi connectivity index (χ4v) is 1.87. The number of nitrogens with two attached hydrogens (primary N) is 1. The molecule has 96 valence electrons. The molecule has 5 nitrogen and oxygen atoms in total. The third kappa shape index (κ3) is 2.87. The predicted molar refractivity (Wildman–Crippen MR) is 70.3 cm³/mol. The molecular formula is C13H18N4O. The van der Waals surface area contributed by atoms with E-state index in [1.165, 1.54) is 11.1 Å². The van der Waals surface area contributed by atoms with E-state index in [9.17, 15) is 0 Å². The third-order valence-electron chi connectivity index (χ3n) is 2.82. The smallest absolute Gasteiger partial charge is 0.315 e. The number of hydrogen-bond acceptors (Lipinski definition) is 5. The molecule has 0 saturated carbocycles. The van der Waals surface area contributed by atoms with Gasteiger partial charge in [-0.05, 0) is 25.0 Å². The van der Waals surface area contributed by atoms with Crippen LogP contribution < -0.4 is 11.1 Å².